The van der Waals surface area contributed by atoms with E-state index in [0.717, 1.165) is 17.9 Å². The molecule has 3 aromatic heterocycles. The summed E-state index contributed by atoms with van der Waals surface area (Å²) in [4.78, 5) is 12.3. The number of methoxy groups -OCH3 is 1. The van der Waals surface area contributed by atoms with Crippen molar-refractivity contribution in [3.63, 3.8) is 0 Å². The average molecular weight is 406 g/mol. The van der Waals surface area contributed by atoms with Gasteiger partial charge in [0.2, 0.25) is 0 Å². The fraction of sp³-hybridized carbons (Fsp3) is 0.227. The summed E-state index contributed by atoms with van der Waals surface area (Å²) in [6.07, 6.45) is 3.39. The van der Waals surface area contributed by atoms with Crippen LogP contribution in [0.5, 0.6) is 11.5 Å². The summed E-state index contributed by atoms with van der Waals surface area (Å²) in [6, 6.07) is 16.5. The van der Waals surface area contributed by atoms with E-state index < -0.39 is 0 Å². The van der Waals surface area contributed by atoms with Gasteiger partial charge in [-0.25, -0.2) is 0 Å². The van der Waals surface area contributed by atoms with Gasteiger partial charge in [-0.1, -0.05) is 12.1 Å². The van der Waals surface area contributed by atoms with E-state index in [1.165, 1.54) is 0 Å². The SMILES string of the molecule is COc1cccc(OCc2ccc(C(=O)NCCCc3nnc4ccccn34)o2)c1. The molecule has 0 aliphatic rings. The van der Waals surface area contributed by atoms with Gasteiger partial charge in [-0.3, -0.25) is 9.20 Å². The van der Waals surface area contributed by atoms with Crippen molar-refractivity contribution >= 4 is 11.6 Å². The van der Waals surface area contributed by atoms with Gasteiger partial charge in [-0.2, -0.15) is 0 Å². The highest BCUT2D eigenvalue weighted by Crippen LogP contribution is 2.20. The van der Waals surface area contributed by atoms with Crippen LogP contribution in [0.15, 0.2) is 65.2 Å². The summed E-state index contributed by atoms with van der Waals surface area (Å²) in [5.41, 5.74) is 0.816. The number of nitrogens with zero attached hydrogens (tertiary/aromatic N) is 3. The van der Waals surface area contributed by atoms with Crippen molar-refractivity contribution in [1.82, 2.24) is 19.9 Å². The Hall–Kier alpha value is -3.81. The van der Waals surface area contributed by atoms with Gasteiger partial charge < -0.3 is 19.2 Å². The van der Waals surface area contributed by atoms with E-state index in [1.54, 1.807) is 25.3 Å². The number of hydrogen-bond acceptors (Lipinski definition) is 6. The summed E-state index contributed by atoms with van der Waals surface area (Å²) in [5, 5.41) is 11.2. The van der Waals surface area contributed by atoms with E-state index in [9.17, 15) is 4.79 Å². The third kappa shape index (κ3) is 4.60. The summed E-state index contributed by atoms with van der Waals surface area (Å²) < 4.78 is 18.4. The topological polar surface area (TPSA) is 90.9 Å². The lowest BCUT2D eigenvalue weighted by Gasteiger charge is -2.06. The van der Waals surface area contributed by atoms with Crippen molar-refractivity contribution in [3.05, 3.63) is 78.1 Å². The molecular formula is C22H22N4O4. The number of benzene rings is 1. The van der Waals surface area contributed by atoms with Crippen LogP contribution in [0.1, 0.15) is 28.6 Å². The second-order valence-corrected chi connectivity index (χ2v) is 6.64. The van der Waals surface area contributed by atoms with E-state index >= 15 is 0 Å². The van der Waals surface area contributed by atoms with Crippen LogP contribution in [0, 0.1) is 0 Å². The first-order valence-corrected chi connectivity index (χ1v) is 9.65. The Morgan fingerprint density at radius 1 is 1.10 bits per heavy atom. The van der Waals surface area contributed by atoms with Crippen molar-refractivity contribution in [3.8, 4) is 11.5 Å². The molecule has 0 bridgehead atoms. The monoisotopic (exact) mass is 406 g/mol. The number of nitrogens with one attached hydrogen (secondary N) is 1. The van der Waals surface area contributed by atoms with Gasteiger partial charge in [0.05, 0.1) is 7.11 Å². The Kier molecular flexibility index (Phi) is 5.93. The number of ether oxygens (including phenoxy) is 2. The molecule has 0 saturated heterocycles. The molecule has 0 aliphatic heterocycles. The second kappa shape index (κ2) is 9.13. The number of hydrogen-bond donors (Lipinski definition) is 1. The summed E-state index contributed by atoms with van der Waals surface area (Å²) in [5.74, 6) is 2.82. The number of fused-ring (bicyclic) bond motifs is 1. The molecule has 0 atom stereocenters. The first kappa shape index (κ1) is 19.5. The third-order valence-corrected chi connectivity index (χ3v) is 4.55. The molecule has 154 valence electrons. The molecular weight excluding hydrogens is 384 g/mol. The smallest absolute Gasteiger partial charge is 0.286 e. The third-order valence-electron chi connectivity index (χ3n) is 4.55. The highest BCUT2D eigenvalue weighted by Gasteiger charge is 2.12. The molecule has 0 aliphatic carbocycles. The number of aryl methyl sites for hydroxylation is 1. The molecule has 1 aromatic carbocycles. The Morgan fingerprint density at radius 2 is 2.00 bits per heavy atom. The zero-order valence-electron chi connectivity index (χ0n) is 16.6. The van der Waals surface area contributed by atoms with Gasteiger partial charge in [-0.05, 0) is 42.8 Å². The van der Waals surface area contributed by atoms with Crippen LogP contribution in [-0.2, 0) is 13.0 Å². The maximum absolute atomic E-state index is 12.3. The summed E-state index contributed by atoms with van der Waals surface area (Å²) in [6.45, 7) is 0.733. The number of rotatable bonds is 9. The zero-order chi connectivity index (χ0) is 20.8. The molecule has 0 saturated carbocycles. The quantitative estimate of drug-likeness (QED) is 0.429. The molecule has 30 heavy (non-hydrogen) atoms. The minimum atomic E-state index is -0.256. The van der Waals surface area contributed by atoms with Gasteiger partial charge in [0.1, 0.15) is 29.7 Å². The number of aromatic nitrogens is 3. The lowest BCUT2D eigenvalue weighted by atomic mass is 10.3. The molecule has 1 amide bonds. The molecule has 8 heteroatoms. The van der Waals surface area contributed by atoms with Crippen LogP contribution < -0.4 is 14.8 Å². The molecule has 0 radical (unpaired) electrons. The average Bonchev–Trinajstić information content (AvgIpc) is 3.43. The number of carbonyl (C=O) groups is 1. The van der Waals surface area contributed by atoms with E-state index in [4.69, 9.17) is 13.9 Å². The van der Waals surface area contributed by atoms with Gasteiger partial charge in [0.15, 0.2) is 11.4 Å². The Bertz CT molecular complexity index is 1130. The first-order chi connectivity index (χ1) is 14.7. The van der Waals surface area contributed by atoms with Crippen LogP contribution in [0.3, 0.4) is 0 Å². The van der Waals surface area contributed by atoms with Crippen molar-refractivity contribution in [2.24, 2.45) is 0 Å². The Labute approximate surface area is 173 Å². The number of carbonyl (C=O) groups excluding carboxylic acids is 1. The van der Waals surface area contributed by atoms with Crippen LogP contribution >= 0.6 is 0 Å². The molecule has 4 rings (SSSR count). The Balaban J connectivity index is 1.23. The Morgan fingerprint density at radius 3 is 2.90 bits per heavy atom. The minimum Gasteiger partial charge on any atom is -0.497 e. The van der Waals surface area contributed by atoms with E-state index in [-0.39, 0.29) is 18.3 Å². The number of furan rings is 1. The molecule has 4 aromatic rings. The van der Waals surface area contributed by atoms with Crippen LogP contribution in [0.25, 0.3) is 5.65 Å². The standard InChI is InChI=1S/C22H22N4O4/c1-28-16-6-4-7-17(14-16)29-15-18-10-11-19(30-18)22(27)23-12-5-9-21-25-24-20-8-2-3-13-26(20)21/h2-4,6-8,10-11,13-14H,5,9,12,15H2,1H3,(H,23,27). The minimum absolute atomic E-state index is 0.223. The van der Waals surface area contributed by atoms with Gasteiger partial charge in [0, 0.05) is 25.2 Å². The number of pyridine rings is 1. The molecule has 8 nitrogen and oxygen atoms in total. The predicted octanol–water partition coefficient (Wildman–Crippen LogP) is 3.27. The van der Waals surface area contributed by atoms with Gasteiger partial charge >= 0.3 is 0 Å². The highest BCUT2D eigenvalue weighted by atomic mass is 16.5. The van der Waals surface area contributed by atoms with Crippen molar-refractivity contribution < 1.29 is 18.7 Å². The fourth-order valence-electron chi connectivity index (χ4n) is 3.02. The van der Waals surface area contributed by atoms with Gasteiger partial charge in [0.25, 0.3) is 5.91 Å². The lowest BCUT2D eigenvalue weighted by molar-refractivity contribution is 0.0921. The fourth-order valence-corrected chi connectivity index (χ4v) is 3.02. The first-order valence-electron chi connectivity index (χ1n) is 9.65. The van der Waals surface area contributed by atoms with Crippen LogP contribution in [0.4, 0.5) is 0 Å². The second-order valence-electron chi connectivity index (χ2n) is 6.64. The number of amides is 1. The molecule has 1 N–H and O–H groups in total. The molecule has 0 unspecified atom stereocenters. The van der Waals surface area contributed by atoms with Crippen molar-refractivity contribution in [1.29, 1.82) is 0 Å². The molecule has 0 spiro atoms. The van der Waals surface area contributed by atoms with Crippen molar-refractivity contribution in [2.45, 2.75) is 19.4 Å². The van der Waals surface area contributed by atoms with Crippen LogP contribution in [0.2, 0.25) is 0 Å². The normalized spacial score (nSPS) is 10.8. The van der Waals surface area contributed by atoms with Gasteiger partial charge in [-0.15, -0.1) is 10.2 Å². The maximum atomic E-state index is 12.3. The van der Waals surface area contributed by atoms with E-state index in [1.807, 2.05) is 47.0 Å². The molecule has 0 fully saturated rings. The van der Waals surface area contributed by atoms with E-state index in [0.29, 0.717) is 30.2 Å². The largest absolute Gasteiger partial charge is 0.497 e. The summed E-state index contributed by atoms with van der Waals surface area (Å²) >= 11 is 0. The highest BCUT2D eigenvalue weighted by molar-refractivity contribution is 5.91. The zero-order valence-corrected chi connectivity index (χ0v) is 16.6. The van der Waals surface area contributed by atoms with Crippen molar-refractivity contribution in [2.75, 3.05) is 13.7 Å². The maximum Gasteiger partial charge on any atom is 0.286 e. The summed E-state index contributed by atoms with van der Waals surface area (Å²) in [7, 11) is 1.60. The van der Waals surface area contributed by atoms with E-state index in [2.05, 4.69) is 15.5 Å². The lowest BCUT2D eigenvalue weighted by Crippen LogP contribution is -2.24. The molecule has 3 heterocycles. The van der Waals surface area contributed by atoms with Crippen LogP contribution in [-0.4, -0.2) is 34.2 Å². The predicted molar refractivity (Wildman–Crippen MR) is 110 cm³/mol.